The van der Waals surface area contributed by atoms with E-state index in [1.807, 2.05) is 35.1 Å². The van der Waals surface area contributed by atoms with Crippen LogP contribution in [0.5, 0.6) is 11.5 Å². The minimum absolute atomic E-state index is 0.0546. The molecule has 0 bridgehead atoms. The van der Waals surface area contributed by atoms with E-state index in [1.54, 1.807) is 6.20 Å². The van der Waals surface area contributed by atoms with Crippen LogP contribution in [0.1, 0.15) is 35.6 Å². The number of nitrogens with zero attached hydrogens (tertiary/aromatic N) is 4. The van der Waals surface area contributed by atoms with Crippen molar-refractivity contribution in [1.29, 1.82) is 0 Å². The smallest absolute Gasteiger partial charge is 0.487 e. The lowest BCUT2D eigenvalue weighted by Crippen LogP contribution is -2.17. The zero-order valence-electron chi connectivity index (χ0n) is 19.0. The fourth-order valence-corrected chi connectivity index (χ4v) is 3.33. The van der Waals surface area contributed by atoms with Gasteiger partial charge in [0.15, 0.2) is 0 Å². The molecule has 2 heterocycles. The first-order valence-corrected chi connectivity index (χ1v) is 11.1. The average Bonchev–Trinajstić information content (AvgIpc) is 3.52. The number of oxazole rings is 1. The highest BCUT2D eigenvalue weighted by atomic mass is 19.4. The highest BCUT2D eigenvalue weighted by molar-refractivity contribution is 5.66. The average molecular weight is 502 g/mol. The fourth-order valence-electron chi connectivity index (χ4n) is 3.33. The molecule has 0 aliphatic carbocycles. The predicted octanol–water partition coefficient (Wildman–Crippen LogP) is 6.08. The molecule has 0 amide bonds. The molecule has 0 saturated heterocycles. The summed E-state index contributed by atoms with van der Waals surface area (Å²) in [6.45, 7) is 1.01. The van der Waals surface area contributed by atoms with Gasteiger partial charge in [-0.05, 0) is 55.2 Å². The van der Waals surface area contributed by atoms with Crippen molar-refractivity contribution in [2.75, 3.05) is 0 Å². The topological polar surface area (TPSA) is 75.2 Å². The second-order valence-corrected chi connectivity index (χ2v) is 7.80. The molecule has 188 valence electrons. The van der Waals surface area contributed by atoms with Gasteiger partial charge >= 0.3 is 6.36 Å². The Kier molecular flexibility index (Phi) is 7.99. The highest BCUT2D eigenvalue weighted by Gasteiger charge is 2.31. The minimum atomic E-state index is -4.89. The Morgan fingerprint density at radius 1 is 1.00 bits per heavy atom. The summed E-state index contributed by atoms with van der Waals surface area (Å²) in [5, 5.41) is 7.73. The van der Waals surface area contributed by atoms with E-state index < -0.39 is 17.9 Å². The van der Waals surface area contributed by atoms with Gasteiger partial charge in [-0.15, -0.1) is 18.3 Å². The van der Waals surface area contributed by atoms with E-state index in [9.17, 15) is 17.6 Å². The largest absolute Gasteiger partial charge is 0.573 e. The molecule has 0 unspecified atom stereocenters. The normalized spacial score (nSPS) is 11.8. The van der Waals surface area contributed by atoms with Gasteiger partial charge in [0.1, 0.15) is 35.9 Å². The summed E-state index contributed by atoms with van der Waals surface area (Å²) >= 11 is 0. The summed E-state index contributed by atoms with van der Waals surface area (Å²) in [6, 6.07) is 10.7. The van der Waals surface area contributed by atoms with Crippen LogP contribution in [0.4, 0.5) is 17.6 Å². The molecule has 4 rings (SSSR count). The number of hydrogen-bond donors (Lipinski definition) is 0. The van der Waals surface area contributed by atoms with Crippen LogP contribution in [-0.4, -0.2) is 26.3 Å². The monoisotopic (exact) mass is 502 g/mol. The second kappa shape index (κ2) is 11.5. The van der Waals surface area contributed by atoms with Crippen LogP contribution in [0, 0.1) is 5.82 Å². The maximum Gasteiger partial charge on any atom is 0.573 e. The van der Waals surface area contributed by atoms with Gasteiger partial charge in [-0.1, -0.05) is 17.3 Å². The van der Waals surface area contributed by atoms with Gasteiger partial charge in [0, 0.05) is 30.4 Å². The summed E-state index contributed by atoms with van der Waals surface area (Å²) in [4.78, 5) is 4.24. The van der Waals surface area contributed by atoms with Gasteiger partial charge in [-0.2, -0.15) is 0 Å². The molecular formula is C25H22F4N4O3. The molecule has 0 aliphatic rings. The van der Waals surface area contributed by atoms with Crippen LogP contribution in [0.3, 0.4) is 0 Å². The number of aryl methyl sites for hydroxylation is 2. The van der Waals surface area contributed by atoms with Crippen molar-refractivity contribution >= 4 is 12.2 Å². The van der Waals surface area contributed by atoms with Gasteiger partial charge in [0.05, 0.1) is 6.20 Å². The van der Waals surface area contributed by atoms with Crippen molar-refractivity contribution in [3.63, 3.8) is 0 Å². The number of hydrogen-bond acceptors (Lipinski definition) is 6. The Morgan fingerprint density at radius 2 is 1.81 bits per heavy atom. The van der Waals surface area contributed by atoms with Crippen LogP contribution >= 0.6 is 0 Å². The maximum atomic E-state index is 14.0. The molecule has 7 nitrogen and oxygen atoms in total. The molecule has 0 radical (unpaired) electrons. The Labute approximate surface area is 204 Å². The molecule has 2 aromatic heterocycles. The van der Waals surface area contributed by atoms with Crippen molar-refractivity contribution in [2.24, 2.45) is 0 Å². The molecule has 36 heavy (non-hydrogen) atoms. The lowest BCUT2D eigenvalue weighted by Gasteiger charge is -2.09. The molecule has 0 N–H and O–H groups in total. The van der Waals surface area contributed by atoms with E-state index >= 15 is 0 Å². The van der Waals surface area contributed by atoms with Gasteiger partial charge in [-0.25, -0.2) is 9.37 Å². The SMILES string of the molecule is Fc1cc(OC(F)(F)F)ccc1C=Cc1nc(COc2ccc(CCCCn3ccnn3)cc2)co1. The molecule has 0 aliphatic heterocycles. The number of halogens is 4. The zero-order chi connectivity index (χ0) is 25.4. The number of benzene rings is 2. The first-order valence-electron chi connectivity index (χ1n) is 11.1. The molecule has 4 aromatic rings. The molecule has 2 aromatic carbocycles. The summed E-state index contributed by atoms with van der Waals surface area (Å²) in [7, 11) is 0. The van der Waals surface area contributed by atoms with Gasteiger partial charge in [0.2, 0.25) is 5.89 Å². The molecule has 0 atom stereocenters. The number of ether oxygens (including phenoxy) is 2. The van der Waals surface area contributed by atoms with Gasteiger partial charge in [0.25, 0.3) is 0 Å². The first kappa shape index (κ1) is 25.0. The van der Waals surface area contributed by atoms with Crippen LogP contribution in [0.2, 0.25) is 0 Å². The summed E-state index contributed by atoms with van der Waals surface area (Å²) in [5.74, 6) is -0.625. The zero-order valence-corrected chi connectivity index (χ0v) is 19.0. The van der Waals surface area contributed by atoms with Crippen LogP contribution < -0.4 is 9.47 Å². The lowest BCUT2D eigenvalue weighted by atomic mass is 10.1. The summed E-state index contributed by atoms with van der Waals surface area (Å²) < 4.78 is 67.3. The molecule has 0 saturated carbocycles. The van der Waals surface area contributed by atoms with Crippen molar-refractivity contribution < 1.29 is 31.5 Å². The van der Waals surface area contributed by atoms with Gasteiger partial charge in [-0.3, -0.25) is 4.68 Å². The predicted molar refractivity (Wildman–Crippen MR) is 122 cm³/mol. The van der Waals surface area contributed by atoms with E-state index in [0.29, 0.717) is 17.5 Å². The van der Waals surface area contributed by atoms with Crippen LogP contribution in [0.25, 0.3) is 12.2 Å². The van der Waals surface area contributed by atoms with Crippen molar-refractivity contribution in [3.05, 3.63) is 89.7 Å². The summed E-state index contributed by atoms with van der Waals surface area (Å²) in [5.41, 5.74) is 1.79. The highest BCUT2D eigenvalue weighted by Crippen LogP contribution is 2.25. The van der Waals surface area contributed by atoms with Crippen molar-refractivity contribution in [1.82, 2.24) is 20.0 Å². The number of aromatic nitrogens is 4. The Balaban J connectivity index is 1.23. The third-order valence-electron chi connectivity index (χ3n) is 5.07. The van der Waals surface area contributed by atoms with E-state index in [0.717, 1.165) is 31.9 Å². The van der Waals surface area contributed by atoms with E-state index in [4.69, 9.17) is 9.15 Å². The second-order valence-electron chi connectivity index (χ2n) is 7.80. The van der Waals surface area contributed by atoms with Crippen LogP contribution in [0.15, 0.2) is 65.5 Å². The van der Waals surface area contributed by atoms with Crippen LogP contribution in [-0.2, 0) is 19.6 Å². The molecule has 0 spiro atoms. The standard InChI is InChI=1S/C25H22F4N4O3/c26-23-15-22(36-25(27,28)29)10-6-19(23)7-11-24-31-20(17-35-24)16-34-21-8-4-18(5-9-21)3-1-2-13-33-14-12-30-32-33/h4-12,14-15,17H,1-3,13,16H2. The van der Waals surface area contributed by atoms with E-state index in [2.05, 4.69) is 20.0 Å². The van der Waals surface area contributed by atoms with E-state index in [1.165, 1.54) is 30.0 Å². The minimum Gasteiger partial charge on any atom is -0.487 e. The fraction of sp³-hybridized carbons (Fsp3) is 0.240. The number of alkyl halides is 3. The van der Waals surface area contributed by atoms with Gasteiger partial charge < -0.3 is 13.9 Å². The third kappa shape index (κ3) is 7.69. The maximum absolute atomic E-state index is 14.0. The lowest BCUT2D eigenvalue weighted by molar-refractivity contribution is -0.274. The Hall–Kier alpha value is -4.15. The number of rotatable bonds is 11. The molecule has 11 heteroatoms. The molecular weight excluding hydrogens is 480 g/mol. The quantitative estimate of drug-likeness (QED) is 0.183. The first-order chi connectivity index (χ1) is 17.3. The van der Waals surface area contributed by atoms with Crippen molar-refractivity contribution in [2.45, 2.75) is 38.8 Å². The Morgan fingerprint density at radius 3 is 2.53 bits per heavy atom. The Bertz CT molecular complexity index is 1270. The van der Waals surface area contributed by atoms with E-state index in [-0.39, 0.29) is 18.1 Å². The van der Waals surface area contributed by atoms with Crippen molar-refractivity contribution in [3.8, 4) is 11.5 Å². The molecule has 0 fully saturated rings. The number of unbranched alkanes of at least 4 members (excludes halogenated alkanes) is 1. The third-order valence-corrected chi connectivity index (χ3v) is 5.07. The summed E-state index contributed by atoms with van der Waals surface area (Å²) in [6.07, 6.45) is 5.78.